The van der Waals surface area contributed by atoms with Crippen LogP contribution in [-0.4, -0.2) is 9.97 Å². The van der Waals surface area contributed by atoms with Crippen LogP contribution in [0, 0.1) is 11.8 Å². The van der Waals surface area contributed by atoms with E-state index in [9.17, 15) is 0 Å². The number of benzene rings is 1. The SMILES string of the molecule is CCCCCC1CCC(CCc2ccc(-c3ncc(CCCC)cn3)cc2)CC1. The van der Waals surface area contributed by atoms with E-state index in [1.54, 1.807) is 0 Å². The standard InChI is InChI=1S/C27H40N2/c1-3-5-7-9-22-10-12-23(13-11-22)14-15-24-16-18-26(19-17-24)27-28-20-25(21-29-27)8-6-4-2/h16-23H,3-15H2,1-2H3. The molecule has 3 rings (SSSR count). The van der Waals surface area contributed by atoms with Gasteiger partial charge in [-0.3, -0.25) is 0 Å². The largest absolute Gasteiger partial charge is 0.236 e. The number of rotatable bonds is 11. The third kappa shape index (κ3) is 7.24. The van der Waals surface area contributed by atoms with Crippen molar-refractivity contribution in [3.8, 4) is 11.4 Å². The summed E-state index contributed by atoms with van der Waals surface area (Å²) in [7, 11) is 0. The minimum atomic E-state index is 0.846. The number of hydrogen-bond donors (Lipinski definition) is 0. The molecule has 0 N–H and O–H groups in total. The molecule has 1 aliphatic carbocycles. The van der Waals surface area contributed by atoms with Gasteiger partial charge in [0.1, 0.15) is 0 Å². The van der Waals surface area contributed by atoms with Gasteiger partial charge in [0.15, 0.2) is 5.82 Å². The summed E-state index contributed by atoms with van der Waals surface area (Å²) in [6, 6.07) is 8.95. The molecule has 0 unspecified atom stereocenters. The second-order valence-electron chi connectivity index (χ2n) is 9.14. The van der Waals surface area contributed by atoms with Crippen LogP contribution in [0.15, 0.2) is 36.7 Å². The van der Waals surface area contributed by atoms with E-state index >= 15 is 0 Å². The molecule has 1 saturated carbocycles. The van der Waals surface area contributed by atoms with Crippen LogP contribution in [-0.2, 0) is 12.8 Å². The molecule has 0 amide bonds. The normalized spacial score (nSPS) is 19.4. The number of aromatic nitrogens is 2. The number of hydrogen-bond acceptors (Lipinski definition) is 2. The molecule has 0 bridgehead atoms. The molecule has 0 spiro atoms. The van der Waals surface area contributed by atoms with E-state index in [4.69, 9.17) is 0 Å². The Morgan fingerprint density at radius 2 is 1.31 bits per heavy atom. The zero-order valence-electron chi connectivity index (χ0n) is 18.7. The molecular weight excluding hydrogens is 352 g/mol. The van der Waals surface area contributed by atoms with Gasteiger partial charge < -0.3 is 0 Å². The predicted octanol–water partition coefficient (Wildman–Crippen LogP) is 7.81. The highest BCUT2D eigenvalue weighted by atomic mass is 14.9. The Hall–Kier alpha value is -1.70. The highest BCUT2D eigenvalue weighted by molar-refractivity contribution is 5.55. The zero-order valence-corrected chi connectivity index (χ0v) is 18.7. The fourth-order valence-corrected chi connectivity index (χ4v) is 4.70. The Morgan fingerprint density at radius 3 is 1.93 bits per heavy atom. The summed E-state index contributed by atoms with van der Waals surface area (Å²) < 4.78 is 0. The first-order chi connectivity index (χ1) is 14.3. The van der Waals surface area contributed by atoms with Crippen LogP contribution >= 0.6 is 0 Å². The van der Waals surface area contributed by atoms with E-state index < -0.39 is 0 Å². The lowest BCUT2D eigenvalue weighted by Crippen LogP contribution is -2.15. The molecule has 29 heavy (non-hydrogen) atoms. The van der Waals surface area contributed by atoms with Crippen molar-refractivity contribution in [1.29, 1.82) is 0 Å². The molecule has 0 saturated heterocycles. The molecular formula is C27H40N2. The van der Waals surface area contributed by atoms with Crippen LogP contribution in [0.25, 0.3) is 11.4 Å². The first kappa shape index (κ1) is 22.0. The molecule has 1 aromatic carbocycles. The van der Waals surface area contributed by atoms with E-state index in [-0.39, 0.29) is 0 Å². The van der Waals surface area contributed by atoms with Gasteiger partial charge in [-0.15, -0.1) is 0 Å². The molecule has 2 heteroatoms. The van der Waals surface area contributed by atoms with Gasteiger partial charge in [0, 0.05) is 18.0 Å². The average Bonchev–Trinajstić information content (AvgIpc) is 2.78. The van der Waals surface area contributed by atoms with Crippen molar-refractivity contribution in [1.82, 2.24) is 9.97 Å². The molecule has 158 valence electrons. The lowest BCUT2D eigenvalue weighted by atomic mass is 9.78. The Bertz CT molecular complexity index is 681. The first-order valence-electron chi connectivity index (χ1n) is 12.2. The van der Waals surface area contributed by atoms with E-state index in [1.807, 2.05) is 12.4 Å². The minimum Gasteiger partial charge on any atom is -0.236 e. The summed E-state index contributed by atoms with van der Waals surface area (Å²) in [6.07, 6.45) is 21.6. The third-order valence-corrected chi connectivity index (χ3v) is 6.76. The maximum Gasteiger partial charge on any atom is 0.159 e. The molecule has 2 nitrogen and oxygen atoms in total. The second kappa shape index (κ2) is 12.1. The molecule has 1 fully saturated rings. The molecule has 2 aromatic rings. The van der Waals surface area contributed by atoms with E-state index in [2.05, 4.69) is 48.1 Å². The lowest BCUT2D eigenvalue weighted by Gasteiger charge is -2.28. The molecule has 0 radical (unpaired) electrons. The van der Waals surface area contributed by atoms with Crippen molar-refractivity contribution in [2.45, 2.75) is 97.3 Å². The summed E-state index contributed by atoms with van der Waals surface area (Å²) in [4.78, 5) is 9.15. The summed E-state index contributed by atoms with van der Waals surface area (Å²) in [5.74, 6) is 2.81. The van der Waals surface area contributed by atoms with Crippen LogP contribution < -0.4 is 0 Å². The number of aryl methyl sites for hydroxylation is 2. The predicted molar refractivity (Wildman–Crippen MR) is 124 cm³/mol. The van der Waals surface area contributed by atoms with Crippen LogP contribution in [0.5, 0.6) is 0 Å². The third-order valence-electron chi connectivity index (χ3n) is 6.76. The van der Waals surface area contributed by atoms with Gasteiger partial charge in [0.05, 0.1) is 0 Å². The Kier molecular flexibility index (Phi) is 9.18. The summed E-state index contributed by atoms with van der Waals surface area (Å²) in [5, 5.41) is 0. The zero-order chi connectivity index (χ0) is 20.3. The van der Waals surface area contributed by atoms with Gasteiger partial charge in [-0.2, -0.15) is 0 Å². The second-order valence-corrected chi connectivity index (χ2v) is 9.14. The summed E-state index contributed by atoms with van der Waals surface area (Å²) in [5.41, 5.74) is 3.83. The van der Waals surface area contributed by atoms with Gasteiger partial charge in [-0.1, -0.05) is 95.9 Å². The minimum absolute atomic E-state index is 0.846. The monoisotopic (exact) mass is 392 g/mol. The smallest absolute Gasteiger partial charge is 0.159 e. The van der Waals surface area contributed by atoms with Crippen molar-refractivity contribution in [2.24, 2.45) is 11.8 Å². The lowest BCUT2D eigenvalue weighted by molar-refractivity contribution is 0.249. The average molecular weight is 393 g/mol. The van der Waals surface area contributed by atoms with Gasteiger partial charge in [-0.05, 0) is 48.6 Å². The molecule has 0 atom stereocenters. The topological polar surface area (TPSA) is 25.8 Å². The Balaban J connectivity index is 1.42. The van der Waals surface area contributed by atoms with Crippen LogP contribution in [0.3, 0.4) is 0 Å². The van der Waals surface area contributed by atoms with Crippen molar-refractivity contribution >= 4 is 0 Å². The quantitative estimate of drug-likeness (QED) is 0.364. The van der Waals surface area contributed by atoms with E-state index in [0.29, 0.717) is 0 Å². The van der Waals surface area contributed by atoms with E-state index in [0.717, 1.165) is 29.6 Å². The van der Waals surface area contributed by atoms with Crippen molar-refractivity contribution < 1.29 is 0 Å². The van der Waals surface area contributed by atoms with Crippen LogP contribution in [0.2, 0.25) is 0 Å². The molecule has 0 aliphatic heterocycles. The molecule has 1 aliphatic rings. The van der Waals surface area contributed by atoms with Gasteiger partial charge in [0.25, 0.3) is 0 Å². The van der Waals surface area contributed by atoms with Crippen molar-refractivity contribution in [3.05, 3.63) is 47.8 Å². The van der Waals surface area contributed by atoms with Crippen LogP contribution in [0.4, 0.5) is 0 Å². The number of nitrogens with zero attached hydrogens (tertiary/aromatic N) is 2. The highest BCUT2D eigenvalue weighted by Gasteiger charge is 2.20. The summed E-state index contributed by atoms with van der Waals surface area (Å²) >= 11 is 0. The van der Waals surface area contributed by atoms with Crippen molar-refractivity contribution in [2.75, 3.05) is 0 Å². The maximum atomic E-state index is 4.57. The number of unbranched alkanes of at least 4 members (excludes halogenated alkanes) is 3. The molecule has 1 heterocycles. The first-order valence-corrected chi connectivity index (χ1v) is 12.2. The Labute approximate surface area is 178 Å². The van der Waals surface area contributed by atoms with Gasteiger partial charge >= 0.3 is 0 Å². The van der Waals surface area contributed by atoms with E-state index in [1.165, 1.54) is 88.2 Å². The molecule has 1 aromatic heterocycles. The fraction of sp³-hybridized carbons (Fsp3) is 0.630. The van der Waals surface area contributed by atoms with Crippen molar-refractivity contribution in [3.63, 3.8) is 0 Å². The van der Waals surface area contributed by atoms with Crippen LogP contribution in [0.1, 0.15) is 95.6 Å². The Morgan fingerprint density at radius 1 is 0.690 bits per heavy atom. The maximum absolute atomic E-state index is 4.57. The van der Waals surface area contributed by atoms with Gasteiger partial charge in [-0.25, -0.2) is 9.97 Å². The fourth-order valence-electron chi connectivity index (χ4n) is 4.70. The van der Waals surface area contributed by atoms with Gasteiger partial charge in [0.2, 0.25) is 0 Å². The summed E-state index contributed by atoms with van der Waals surface area (Å²) in [6.45, 7) is 4.52. The highest BCUT2D eigenvalue weighted by Crippen LogP contribution is 2.34.